The second-order valence-electron chi connectivity index (χ2n) is 8.99. The van der Waals surface area contributed by atoms with E-state index in [9.17, 15) is 9.90 Å². The van der Waals surface area contributed by atoms with Gasteiger partial charge in [-0.3, -0.25) is 0 Å². The Morgan fingerprint density at radius 3 is 2.91 bits per heavy atom. The number of aryl methyl sites for hydroxylation is 1. The largest absolute Gasteiger partial charge is 0.493 e. The third-order valence-corrected chi connectivity index (χ3v) is 6.48. The SMILES string of the molecule is CCc1cccc(-c2cc(CNC(=O)N(C3CC3)[C@@H]3CCCN(c4nccc(O)n4)C3)on2)c1. The highest BCUT2D eigenvalue weighted by Gasteiger charge is 2.39. The molecule has 1 aliphatic carbocycles. The lowest BCUT2D eigenvalue weighted by Gasteiger charge is -2.39. The van der Waals surface area contributed by atoms with Crippen LogP contribution in [0.5, 0.6) is 5.88 Å². The third-order valence-electron chi connectivity index (χ3n) is 6.48. The highest BCUT2D eigenvalue weighted by molar-refractivity contribution is 5.75. The molecule has 3 heterocycles. The van der Waals surface area contributed by atoms with Gasteiger partial charge in [0, 0.05) is 43.0 Å². The molecule has 1 aromatic carbocycles. The second kappa shape index (κ2) is 9.70. The molecule has 2 fully saturated rings. The van der Waals surface area contributed by atoms with Crippen LogP contribution in [0.2, 0.25) is 0 Å². The van der Waals surface area contributed by atoms with Gasteiger partial charge in [0.15, 0.2) is 5.76 Å². The van der Waals surface area contributed by atoms with E-state index in [0.717, 1.165) is 49.9 Å². The van der Waals surface area contributed by atoms with E-state index >= 15 is 0 Å². The summed E-state index contributed by atoms with van der Waals surface area (Å²) in [7, 11) is 0. The maximum atomic E-state index is 13.2. The molecule has 2 N–H and O–H groups in total. The molecule has 34 heavy (non-hydrogen) atoms. The van der Waals surface area contributed by atoms with E-state index in [1.807, 2.05) is 28.0 Å². The molecule has 5 rings (SSSR count). The zero-order valence-electron chi connectivity index (χ0n) is 19.4. The van der Waals surface area contributed by atoms with Gasteiger partial charge < -0.3 is 24.7 Å². The molecule has 1 saturated heterocycles. The molecule has 2 aromatic heterocycles. The first kappa shape index (κ1) is 22.2. The van der Waals surface area contributed by atoms with Gasteiger partial charge in [0.2, 0.25) is 11.8 Å². The minimum absolute atomic E-state index is 0.0447. The van der Waals surface area contributed by atoms with Crippen LogP contribution in [0.3, 0.4) is 0 Å². The van der Waals surface area contributed by atoms with Crippen LogP contribution in [0.25, 0.3) is 11.3 Å². The predicted octanol–water partition coefficient (Wildman–Crippen LogP) is 3.74. The van der Waals surface area contributed by atoms with E-state index in [4.69, 9.17) is 4.52 Å². The van der Waals surface area contributed by atoms with Crippen LogP contribution < -0.4 is 10.2 Å². The summed E-state index contributed by atoms with van der Waals surface area (Å²) in [6.45, 7) is 3.86. The summed E-state index contributed by atoms with van der Waals surface area (Å²) in [5, 5.41) is 16.9. The molecule has 9 heteroatoms. The normalized spacial score (nSPS) is 18.0. The number of piperidine rings is 1. The van der Waals surface area contributed by atoms with E-state index < -0.39 is 0 Å². The molecule has 0 unspecified atom stereocenters. The number of hydrogen-bond acceptors (Lipinski definition) is 7. The fourth-order valence-electron chi connectivity index (χ4n) is 4.57. The van der Waals surface area contributed by atoms with E-state index in [1.54, 1.807) is 6.20 Å². The first-order valence-electron chi connectivity index (χ1n) is 12.0. The lowest BCUT2D eigenvalue weighted by Crippen LogP contribution is -2.54. The van der Waals surface area contributed by atoms with Crippen LogP contribution in [-0.2, 0) is 13.0 Å². The third kappa shape index (κ3) is 4.98. The molecule has 0 spiro atoms. The summed E-state index contributed by atoms with van der Waals surface area (Å²) < 4.78 is 5.50. The number of aromatic hydroxyl groups is 1. The molecule has 9 nitrogen and oxygen atoms in total. The van der Waals surface area contributed by atoms with Crippen molar-refractivity contribution in [2.45, 2.75) is 57.7 Å². The van der Waals surface area contributed by atoms with Crippen molar-refractivity contribution in [1.82, 2.24) is 25.3 Å². The zero-order valence-corrected chi connectivity index (χ0v) is 19.4. The molecule has 2 amide bonds. The molecular weight excluding hydrogens is 432 g/mol. The Bertz CT molecular complexity index is 1140. The van der Waals surface area contributed by atoms with Crippen LogP contribution in [0.15, 0.2) is 47.1 Å². The number of benzene rings is 1. The van der Waals surface area contributed by atoms with Gasteiger partial charge in [-0.1, -0.05) is 30.3 Å². The number of aromatic nitrogens is 3. The van der Waals surface area contributed by atoms with Crippen molar-refractivity contribution in [1.29, 1.82) is 0 Å². The van der Waals surface area contributed by atoms with Crippen LogP contribution in [0.4, 0.5) is 10.7 Å². The summed E-state index contributed by atoms with van der Waals surface area (Å²) in [6, 6.07) is 11.8. The Balaban J connectivity index is 1.23. The van der Waals surface area contributed by atoms with Gasteiger partial charge in [-0.15, -0.1) is 0 Å². The summed E-state index contributed by atoms with van der Waals surface area (Å²) >= 11 is 0. The summed E-state index contributed by atoms with van der Waals surface area (Å²) in [4.78, 5) is 25.7. The van der Waals surface area contributed by atoms with Gasteiger partial charge in [0.1, 0.15) is 5.69 Å². The van der Waals surface area contributed by atoms with E-state index in [-0.39, 0.29) is 30.5 Å². The number of carbonyl (C=O) groups excluding carboxylic acids is 1. The highest BCUT2D eigenvalue weighted by atomic mass is 16.5. The standard InChI is InChI=1S/C25H30N6O3/c1-2-17-5-3-6-18(13-17)22-14-21(34-29-22)15-27-25(33)31(19-8-9-19)20-7-4-12-30(16-20)24-26-11-10-23(32)28-24/h3,5-6,10-11,13-14,19-20H,2,4,7-9,12,15-16H2,1H3,(H,27,33)(H,26,28,32)/t20-/m1/s1. The van der Waals surface area contributed by atoms with Crippen molar-refractivity contribution in [3.63, 3.8) is 0 Å². The molecule has 1 saturated carbocycles. The average molecular weight is 463 g/mol. The van der Waals surface area contributed by atoms with Crippen LogP contribution in [0, 0.1) is 0 Å². The van der Waals surface area contributed by atoms with Crippen LogP contribution in [0.1, 0.15) is 43.9 Å². The van der Waals surface area contributed by atoms with Gasteiger partial charge in [-0.25, -0.2) is 9.78 Å². The molecule has 1 atom stereocenters. The molecule has 2 aliphatic rings. The van der Waals surface area contributed by atoms with Gasteiger partial charge in [-0.2, -0.15) is 4.98 Å². The minimum atomic E-state index is -0.0860. The van der Waals surface area contributed by atoms with Crippen molar-refractivity contribution < 1.29 is 14.4 Å². The fourth-order valence-corrected chi connectivity index (χ4v) is 4.57. The summed E-state index contributed by atoms with van der Waals surface area (Å²) in [5.41, 5.74) is 3.03. The number of rotatable bonds is 7. The Hall–Kier alpha value is -3.62. The van der Waals surface area contributed by atoms with Crippen LogP contribution >= 0.6 is 0 Å². The van der Waals surface area contributed by atoms with Gasteiger partial charge in [0.05, 0.1) is 12.6 Å². The highest BCUT2D eigenvalue weighted by Crippen LogP contribution is 2.32. The molecule has 0 radical (unpaired) electrons. The maximum Gasteiger partial charge on any atom is 0.318 e. The molecular formula is C25H30N6O3. The molecule has 0 bridgehead atoms. The van der Waals surface area contributed by atoms with Crippen molar-refractivity contribution >= 4 is 12.0 Å². The second-order valence-corrected chi connectivity index (χ2v) is 8.99. The number of carbonyl (C=O) groups is 1. The van der Waals surface area contributed by atoms with E-state index in [0.29, 0.717) is 18.3 Å². The van der Waals surface area contributed by atoms with Crippen molar-refractivity contribution in [2.24, 2.45) is 0 Å². The minimum Gasteiger partial charge on any atom is -0.493 e. The Morgan fingerprint density at radius 1 is 1.24 bits per heavy atom. The van der Waals surface area contributed by atoms with Gasteiger partial charge in [0.25, 0.3) is 0 Å². The van der Waals surface area contributed by atoms with Crippen molar-refractivity contribution in [3.05, 3.63) is 53.9 Å². The van der Waals surface area contributed by atoms with Gasteiger partial charge >= 0.3 is 6.03 Å². The number of nitrogens with zero attached hydrogens (tertiary/aromatic N) is 5. The first-order valence-corrected chi connectivity index (χ1v) is 12.0. The Labute approximate surface area is 198 Å². The fraction of sp³-hybridized carbons (Fsp3) is 0.440. The Morgan fingerprint density at radius 2 is 2.12 bits per heavy atom. The smallest absolute Gasteiger partial charge is 0.318 e. The lowest BCUT2D eigenvalue weighted by atomic mass is 10.0. The molecule has 178 valence electrons. The number of anilines is 1. The van der Waals surface area contributed by atoms with Gasteiger partial charge in [-0.05, 0) is 43.7 Å². The topological polar surface area (TPSA) is 108 Å². The maximum absolute atomic E-state index is 13.2. The van der Waals surface area contributed by atoms with Crippen molar-refractivity contribution in [2.75, 3.05) is 18.0 Å². The number of urea groups is 1. The van der Waals surface area contributed by atoms with E-state index in [2.05, 4.69) is 39.5 Å². The van der Waals surface area contributed by atoms with Crippen LogP contribution in [-0.4, -0.2) is 56.3 Å². The predicted molar refractivity (Wildman–Crippen MR) is 127 cm³/mol. The average Bonchev–Trinajstić information content (AvgIpc) is 3.58. The quantitative estimate of drug-likeness (QED) is 0.551. The summed E-state index contributed by atoms with van der Waals surface area (Å²) in [6.07, 6.45) is 6.42. The number of nitrogens with one attached hydrogen (secondary N) is 1. The number of hydrogen-bond donors (Lipinski definition) is 2. The lowest BCUT2D eigenvalue weighted by molar-refractivity contribution is 0.159. The van der Waals surface area contributed by atoms with Crippen molar-refractivity contribution in [3.8, 4) is 17.1 Å². The Kier molecular flexibility index (Phi) is 6.33. The zero-order chi connectivity index (χ0) is 23.5. The molecule has 1 aliphatic heterocycles. The molecule has 3 aromatic rings. The summed E-state index contributed by atoms with van der Waals surface area (Å²) in [5.74, 6) is 1.08. The number of amides is 2. The van der Waals surface area contributed by atoms with E-state index in [1.165, 1.54) is 11.6 Å². The monoisotopic (exact) mass is 462 g/mol. The first-order chi connectivity index (χ1) is 16.6.